The number of aryl methyl sites for hydroxylation is 2. The monoisotopic (exact) mass is 373 g/mol. The van der Waals surface area contributed by atoms with Crippen molar-refractivity contribution in [3.8, 4) is 5.75 Å². The number of nitro groups is 1. The van der Waals surface area contributed by atoms with E-state index in [0.29, 0.717) is 18.7 Å². The molecule has 3 rings (SSSR count). The van der Waals surface area contributed by atoms with Gasteiger partial charge in [-0.2, -0.15) is 5.10 Å². The fourth-order valence-electron chi connectivity index (χ4n) is 3.30. The van der Waals surface area contributed by atoms with Gasteiger partial charge in [-0.1, -0.05) is 0 Å². The average molecular weight is 373 g/mol. The van der Waals surface area contributed by atoms with E-state index in [0.717, 1.165) is 25.3 Å². The zero-order valence-electron chi connectivity index (χ0n) is 15.7. The Bertz CT molecular complexity index is 855. The molecule has 1 aromatic carbocycles. The Kier molecular flexibility index (Phi) is 5.41. The van der Waals surface area contributed by atoms with Crippen LogP contribution >= 0.6 is 0 Å². The number of hydrogen-bond acceptors (Lipinski definition) is 6. The lowest BCUT2D eigenvalue weighted by Gasteiger charge is -2.34. The molecule has 9 heteroatoms. The molecule has 9 nitrogen and oxygen atoms in total. The van der Waals surface area contributed by atoms with Crippen molar-refractivity contribution in [3.63, 3.8) is 0 Å². The first-order valence-corrected chi connectivity index (χ1v) is 8.72. The Balaban J connectivity index is 1.64. The third-order valence-electron chi connectivity index (χ3n) is 4.79. The van der Waals surface area contributed by atoms with Gasteiger partial charge in [0.25, 0.3) is 5.91 Å². The molecule has 1 aliphatic rings. The number of ether oxygens (including phenoxy) is 1. The summed E-state index contributed by atoms with van der Waals surface area (Å²) in [5.41, 5.74) is 2.30. The van der Waals surface area contributed by atoms with Crippen molar-refractivity contribution in [1.29, 1.82) is 0 Å². The summed E-state index contributed by atoms with van der Waals surface area (Å²) in [6, 6.07) is 4.32. The van der Waals surface area contributed by atoms with Crippen LogP contribution in [0.15, 0.2) is 24.4 Å². The number of methoxy groups -OCH3 is 1. The number of aromatic nitrogens is 2. The minimum absolute atomic E-state index is 0.146. The van der Waals surface area contributed by atoms with Crippen LogP contribution in [0.4, 0.5) is 5.69 Å². The van der Waals surface area contributed by atoms with Crippen molar-refractivity contribution in [2.45, 2.75) is 13.5 Å². The molecular weight excluding hydrogens is 350 g/mol. The van der Waals surface area contributed by atoms with E-state index in [1.165, 1.54) is 24.8 Å². The van der Waals surface area contributed by atoms with E-state index in [9.17, 15) is 14.9 Å². The fraction of sp³-hybridized carbons (Fsp3) is 0.444. The van der Waals surface area contributed by atoms with Gasteiger partial charge in [-0.3, -0.25) is 24.5 Å². The molecule has 0 radical (unpaired) electrons. The molecule has 0 unspecified atom stereocenters. The molecule has 0 atom stereocenters. The number of carbonyl (C=O) groups is 1. The van der Waals surface area contributed by atoms with Crippen molar-refractivity contribution in [1.82, 2.24) is 19.6 Å². The zero-order chi connectivity index (χ0) is 19.6. The van der Waals surface area contributed by atoms with E-state index in [2.05, 4.69) is 10.00 Å². The second-order valence-corrected chi connectivity index (χ2v) is 6.63. The summed E-state index contributed by atoms with van der Waals surface area (Å²) in [5.74, 6) is -0.0498. The second-order valence-electron chi connectivity index (χ2n) is 6.63. The van der Waals surface area contributed by atoms with Gasteiger partial charge < -0.3 is 9.64 Å². The molecule has 0 N–H and O–H groups in total. The minimum atomic E-state index is -0.538. The van der Waals surface area contributed by atoms with Crippen LogP contribution in [0, 0.1) is 17.0 Å². The summed E-state index contributed by atoms with van der Waals surface area (Å²) in [5, 5.41) is 15.5. The number of carbonyl (C=O) groups excluding carboxylic acids is 1. The van der Waals surface area contributed by atoms with Crippen LogP contribution in [0.2, 0.25) is 0 Å². The van der Waals surface area contributed by atoms with E-state index >= 15 is 0 Å². The lowest BCUT2D eigenvalue weighted by atomic mass is 10.1. The van der Waals surface area contributed by atoms with Gasteiger partial charge in [0.15, 0.2) is 5.75 Å². The van der Waals surface area contributed by atoms with E-state index in [1.54, 1.807) is 15.6 Å². The average Bonchev–Trinajstić information content (AvgIpc) is 2.98. The van der Waals surface area contributed by atoms with Crippen molar-refractivity contribution in [3.05, 3.63) is 51.3 Å². The number of benzene rings is 1. The van der Waals surface area contributed by atoms with Crippen LogP contribution in [0.25, 0.3) is 0 Å². The molecule has 1 amide bonds. The van der Waals surface area contributed by atoms with Gasteiger partial charge in [0.1, 0.15) is 0 Å². The van der Waals surface area contributed by atoms with E-state index in [-0.39, 0.29) is 17.3 Å². The van der Waals surface area contributed by atoms with Crippen molar-refractivity contribution in [2.75, 3.05) is 33.3 Å². The highest BCUT2D eigenvalue weighted by atomic mass is 16.6. The summed E-state index contributed by atoms with van der Waals surface area (Å²) < 4.78 is 6.80. The molecule has 144 valence electrons. The Morgan fingerprint density at radius 3 is 2.56 bits per heavy atom. The second kappa shape index (κ2) is 7.75. The lowest BCUT2D eigenvalue weighted by molar-refractivity contribution is -0.385. The molecule has 1 aliphatic heterocycles. The Morgan fingerprint density at radius 2 is 2.00 bits per heavy atom. The highest BCUT2D eigenvalue weighted by Gasteiger charge is 2.25. The van der Waals surface area contributed by atoms with Gasteiger partial charge >= 0.3 is 5.69 Å². The van der Waals surface area contributed by atoms with Crippen LogP contribution in [0.1, 0.15) is 21.6 Å². The molecule has 0 aliphatic carbocycles. The minimum Gasteiger partial charge on any atom is -0.490 e. The van der Waals surface area contributed by atoms with Crippen molar-refractivity contribution in [2.24, 2.45) is 7.05 Å². The van der Waals surface area contributed by atoms with Gasteiger partial charge in [-0.05, 0) is 19.1 Å². The number of piperazine rings is 1. The van der Waals surface area contributed by atoms with Crippen LogP contribution in [0.3, 0.4) is 0 Å². The molecule has 2 aromatic rings. The molecule has 0 bridgehead atoms. The molecule has 2 heterocycles. The Hall–Kier alpha value is -2.94. The van der Waals surface area contributed by atoms with Crippen LogP contribution in [-0.4, -0.2) is 63.7 Å². The van der Waals surface area contributed by atoms with E-state index < -0.39 is 4.92 Å². The van der Waals surface area contributed by atoms with Crippen LogP contribution in [-0.2, 0) is 13.6 Å². The van der Waals surface area contributed by atoms with Crippen molar-refractivity contribution >= 4 is 11.6 Å². The quantitative estimate of drug-likeness (QED) is 0.584. The highest BCUT2D eigenvalue weighted by Crippen LogP contribution is 2.28. The van der Waals surface area contributed by atoms with Crippen LogP contribution in [0.5, 0.6) is 5.75 Å². The highest BCUT2D eigenvalue weighted by molar-refractivity contribution is 5.95. The SMILES string of the molecule is COc1ccc(C(=O)N2CCN(Cc3cn(C)nc3C)CC2)cc1[N+](=O)[O-]. The third kappa shape index (κ3) is 4.08. The standard InChI is InChI=1S/C18H23N5O4/c1-13-15(11-20(2)19-13)12-21-6-8-22(9-7-21)18(24)14-4-5-17(27-3)16(10-14)23(25)26/h4-5,10-11H,6-9,12H2,1-3H3. The zero-order valence-corrected chi connectivity index (χ0v) is 15.7. The topological polar surface area (TPSA) is 93.7 Å². The largest absolute Gasteiger partial charge is 0.490 e. The maximum absolute atomic E-state index is 12.7. The van der Waals surface area contributed by atoms with Crippen molar-refractivity contribution < 1.29 is 14.5 Å². The maximum atomic E-state index is 12.7. The summed E-state index contributed by atoms with van der Waals surface area (Å²) in [6.45, 7) is 5.45. The van der Waals surface area contributed by atoms with Gasteiger partial charge in [0, 0.05) is 63.2 Å². The number of hydrogen-bond donors (Lipinski definition) is 0. The molecule has 27 heavy (non-hydrogen) atoms. The maximum Gasteiger partial charge on any atom is 0.311 e. The summed E-state index contributed by atoms with van der Waals surface area (Å²) in [4.78, 5) is 27.4. The van der Waals surface area contributed by atoms with E-state index in [1.807, 2.05) is 20.2 Å². The number of nitro benzene ring substituents is 1. The molecule has 0 spiro atoms. The predicted molar refractivity (Wildman–Crippen MR) is 98.8 cm³/mol. The Morgan fingerprint density at radius 1 is 1.30 bits per heavy atom. The fourth-order valence-corrected chi connectivity index (χ4v) is 3.30. The molecule has 1 saturated heterocycles. The van der Waals surface area contributed by atoms with Crippen LogP contribution < -0.4 is 4.74 Å². The van der Waals surface area contributed by atoms with E-state index in [4.69, 9.17) is 4.74 Å². The Labute approximate surface area is 157 Å². The molecule has 0 saturated carbocycles. The molecular formula is C18H23N5O4. The summed E-state index contributed by atoms with van der Waals surface area (Å²) in [6.07, 6.45) is 2.02. The number of nitrogens with zero attached hydrogens (tertiary/aromatic N) is 5. The van der Waals surface area contributed by atoms with Gasteiger partial charge in [0.05, 0.1) is 17.7 Å². The first-order valence-electron chi connectivity index (χ1n) is 8.72. The summed E-state index contributed by atoms with van der Waals surface area (Å²) in [7, 11) is 3.27. The first-order chi connectivity index (χ1) is 12.9. The third-order valence-corrected chi connectivity index (χ3v) is 4.79. The van der Waals surface area contributed by atoms with Gasteiger partial charge in [0.2, 0.25) is 0 Å². The molecule has 1 aromatic heterocycles. The lowest BCUT2D eigenvalue weighted by Crippen LogP contribution is -2.48. The van der Waals surface area contributed by atoms with Gasteiger partial charge in [-0.15, -0.1) is 0 Å². The number of amides is 1. The summed E-state index contributed by atoms with van der Waals surface area (Å²) >= 11 is 0. The predicted octanol–water partition coefficient (Wildman–Crippen LogP) is 1.60. The first kappa shape index (κ1) is 18.8. The normalized spacial score (nSPS) is 15.0. The smallest absolute Gasteiger partial charge is 0.311 e. The molecule has 1 fully saturated rings. The van der Waals surface area contributed by atoms with Gasteiger partial charge in [-0.25, -0.2) is 0 Å². The number of rotatable bonds is 5.